The van der Waals surface area contributed by atoms with Crippen LogP contribution in [0.25, 0.3) is 0 Å². The van der Waals surface area contributed by atoms with Crippen LogP contribution in [-0.2, 0) is 13.0 Å². The average molecular weight is 327 g/mol. The van der Waals surface area contributed by atoms with E-state index in [2.05, 4.69) is 23.3 Å². The Balaban J connectivity index is 1.82. The average Bonchev–Trinajstić information content (AvgIpc) is 2.88. The zero-order chi connectivity index (χ0) is 14.3. The lowest BCUT2D eigenvalue weighted by Crippen LogP contribution is -2.32. The molecule has 2 aromatic rings. The van der Waals surface area contributed by atoms with Crippen molar-refractivity contribution in [3.05, 3.63) is 49.6 Å². The molecule has 0 spiro atoms. The van der Waals surface area contributed by atoms with Crippen molar-refractivity contribution < 1.29 is 0 Å². The van der Waals surface area contributed by atoms with E-state index in [9.17, 15) is 0 Å². The summed E-state index contributed by atoms with van der Waals surface area (Å²) in [6.45, 7) is 4.16. The smallest absolute Gasteiger partial charge is 0.0693 e. The van der Waals surface area contributed by atoms with Crippen LogP contribution in [0, 0.1) is 0 Å². The van der Waals surface area contributed by atoms with Crippen molar-refractivity contribution in [1.82, 2.24) is 4.90 Å². The summed E-state index contributed by atoms with van der Waals surface area (Å²) in [6, 6.07) is 6.50. The Hall–Kier alpha value is -0.740. The van der Waals surface area contributed by atoms with E-state index in [1.165, 1.54) is 10.4 Å². The van der Waals surface area contributed by atoms with Gasteiger partial charge in [0, 0.05) is 24.0 Å². The van der Waals surface area contributed by atoms with Gasteiger partial charge in [0.25, 0.3) is 0 Å². The van der Waals surface area contributed by atoms with Gasteiger partial charge in [-0.1, -0.05) is 23.2 Å². The molecule has 1 aromatic heterocycles. The molecular formula is C15H16Cl2N2S. The minimum Gasteiger partial charge on any atom is -0.396 e. The molecule has 106 valence electrons. The molecule has 0 bridgehead atoms. The molecule has 0 amide bonds. The molecule has 0 saturated heterocycles. The molecule has 0 aliphatic carbocycles. The van der Waals surface area contributed by atoms with E-state index in [1.54, 1.807) is 0 Å². The molecule has 20 heavy (non-hydrogen) atoms. The fourth-order valence-electron chi connectivity index (χ4n) is 2.74. The van der Waals surface area contributed by atoms with Crippen molar-refractivity contribution in [2.24, 2.45) is 0 Å². The minimum atomic E-state index is 0.431. The van der Waals surface area contributed by atoms with E-state index in [-0.39, 0.29) is 0 Å². The molecule has 2 N–H and O–H groups in total. The molecule has 0 radical (unpaired) electrons. The Morgan fingerprint density at radius 2 is 2.05 bits per heavy atom. The highest BCUT2D eigenvalue weighted by Gasteiger charge is 2.24. The van der Waals surface area contributed by atoms with Gasteiger partial charge in [-0.2, -0.15) is 0 Å². The first-order valence-electron chi connectivity index (χ1n) is 6.60. The van der Waals surface area contributed by atoms with Crippen molar-refractivity contribution in [1.29, 1.82) is 0 Å². The van der Waals surface area contributed by atoms with Crippen LogP contribution in [-0.4, -0.2) is 11.4 Å². The highest BCUT2D eigenvalue weighted by atomic mass is 35.5. The van der Waals surface area contributed by atoms with Gasteiger partial charge in [-0.25, -0.2) is 0 Å². The third kappa shape index (κ3) is 2.56. The molecule has 1 atom stereocenters. The van der Waals surface area contributed by atoms with Crippen molar-refractivity contribution in [3.8, 4) is 0 Å². The Kier molecular flexibility index (Phi) is 3.95. The van der Waals surface area contributed by atoms with Gasteiger partial charge in [-0.05, 0) is 48.1 Å². The zero-order valence-corrected chi connectivity index (χ0v) is 13.5. The van der Waals surface area contributed by atoms with Crippen molar-refractivity contribution >= 4 is 40.2 Å². The number of hydrogen-bond donors (Lipinski definition) is 1. The fraction of sp³-hybridized carbons (Fsp3) is 0.333. The summed E-state index contributed by atoms with van der Waals surface area (Å²) in [6.07, 6.45) is 1.12. The molecule has 2 heterocycles. The van der Waals surface area contributed by atoms with Gasteiger partial charge < -0.3 is 5.73 Å². The second-order valence-electron chi connectivity index (χ2n) is 5.17. The molecule has 1 aliphatic rings. The molecule has 0 saturated carbocycles. The Labute approximate surface area is 133 Å². The van der Waals surface area contributed by atoms with Crippen molar-refractivity contribution in [2.75, 3.05) is 12.3 Å². The number of nitrogens with two attached hydrogens (primary N) is 1. The second-order valence-corrected chi connectivity index (χ2v) is 6.98. The van der Waals surface area contributed by atoms with Gasteiger partial charge in [0.15, 0.2) is 0 Å². The zero-order valence-electron chi connectivity index (χ0n) is 11.2. The fourth-order valence-corrected chi connectivity index (χ4v) is 4.24. The van der Waals surface area contributed by atoms with E-state index in [0.29, 0.717) is 21.8 Å². The van der Waals surface area contributed by atoms with E-state index in [1.807, 2.05) is 23.5 Å². The van der Waals surface area contributed by atoms with Gasteiger partial charge >= 0.3 is 0 Å². The first-order chi connectivity index (χ1) is 9.56. The summed E-state index contributed by atoms with van der Waals surface area (Å²) < 4.78 is 0. The predicted octanol–water partition coefficient (Wildman–Crippen LogP) is 4.76. The van der Waals surface area contributed by atoms with Crippen LogP contribution in [0.3, 0.4) is 0 Å². The lowest BCUT2D eigenvalue weighted by atomic mass is 10.0. The minimum absolute atomic E-state index is 0.431. The molecule has 1 aromatic carbocycles. The van der Waals surface area contributed by atoms with Crippen molar-refractivity contribution in [3.63, 3.8) is 0 Å². The number of benzene rings is 1. The third-order valence-electron chi connectivity index (χ3n) is 3.93. The maximum atomic E-state index is 6.11. The van der Waals surface area contributed by atoms with Gasteiger partial charge in [0.2, 0.25) is 0 Å². The highest BCUT2D eigenvalue weighted by Crippen LogP contribution is 2.35. The number of anilines is 1. The highest BCUT2D eigenvalue weighted by molar-refractivity contribution is 7.10. The van der Waals surface area contributed by atoms with Gasteiger partial charge in [-0.3, -0.25) is 4.90 Å². The second kappa shape index (κ2) is 5.57. The lowest BCUT2D eigenvalue weighted by Gasteiger charge is -2.33. The number of fused-ring (bicyclic) bond motifs is 1. The number of nitrogen functional groups attached to an aromatic ring is 1. The number of thiophene rings is 1. The van der Waals surface area contributed by atoms with E-state index in [4.69, 9.17) is 28.9 Å². The van der Waals surface area contributed by atoms with Crippen LogP contribution in [0.5, 0.6) is 0 Å². The monoisotopic (exact) mass is 326 g/mol. The van der Waals surface area contributed by atoms with Gasteiger partial charge in [-0.15, -0.1) is 11.3 Å². The standard InChI is InChI=1S/C15H16Cl2N2S/c1-9-11-3-5-20-14(11)2-4-19(9)8-10-6-12(16)15(18)13(17)7-10/h3,5-7,9H,2,4,8,18H2,1H3. The number of hydrogen-bond acceptors (Lipinski definition) is 3. The molecular weight excluding hydrogens is 311 g/mol. The van der Waals surface area contributed by atoms with E-state index >= 15 is 0 Å². The van der Waals surface area contributed by atoms with Gasteiger partial charge in [0.1, 0.15) is 0 Å². The maximum Gasteiger partial charge on any atom is 0.0693 e. The Morgan fingerprint density at radius 1 is 1.35 bits per heavy atom. The largest absolute Gasteiger partial charge is 0.396 e. The molecule has 2 nitrogen and oxygen atoms in total. The SMILES string of the molecule is CC1c2ccsc2CCN1Cc1cc(Cl)c(N)c(Cl)c1. The van der Waals surface area contributed by atoms with Crippen LogP contribution in [0.2, 0.25) is 10.0 Å². The first-order valence-corrected chi connectivity index (χ1v) is 8.23. The summed E-state index contributed by atoms with van der Waals surface area (Å²) in [7, 11) is 0. The van der Waals surface area contributed by atoms with Gasteiger partial charge in [0.05, 0.1) is 15.7 Å². The third-order valence-corrected chi connectivity index (χ3v) is 5.55. The summed E-state index contributed by atoms with van der Waals surface area (Å²) in [5.74, 6) is 0. The summed E-state index contributed by atoms with van der Waals surface area (Å²) >= 11 is 14.1. The maximum absolute atomic E-state index is 6.11. The van der Waals surface area contributed by atoms with Crippen LogP contribution in [0.15, 0.2) is 23.6 Å². The molecule has 1 aliphatic heterocycles. The number of rotatable bonds is 2. The van der Waals surface area contributed by atoms with Crippen LogP contribution in [0.1, 0.15) is 29.0 Å². The molecule has 0 fully saturated rings. The number of nitrogens with zero attached hydrogens (tertiary/aromatic N) is 1. The first kappa shape index (κ1) is 14.2. The molecule has 3 rings (SSSR count). The van der Waals surface area contributed by atoms with Crippen molar-refractivity contribution in [2.45, 2.75) is 25.9 Å². The molecule has 5 heteroatoms. The van der Waals surface area contributed by atoms with Crippen LogP contribution < -0.4 is 5.73 Å². The van der Waals surface area contributed by atoms with Crippen LogP contribution in [0.4, 0.5) is 5.69 Å². The summed E-state index contributed by atoms with van der Waals surface area (Å²) in [5.41, 5.74) is 8.81. The quantitative estimate of drug-likeness (QED) is 0.806. The summed E-state index contributed by atoms with van der Waals surface area (Å²) in [5, 5.41) is 3.25. The summed E-state index contributed by atoms with van der Waals surface area (Å²) in [4.78, 5) is 3.97. The van der Waals surface area contributed by atoms with E-state index < -0.39 is 0 Å². The topological polar surface area (TPSA) is 29.3 Å². The Bertz CT molecular complexity index is 616. The Morgan fingerprint density at radius 3 is 2.75 bits per heavy atom. The molecule has 1 unspecified atom stereocenters. The van der Waals surface area contributed by atoms with E-state index in [0.717, 1.165) is 25.1 Å². The predicted molar refractivity (Wildman–Crippen MR) is 87.7 cm³/mol. The number of halogens is 2. The lowest BCUT2D eigenvalue weighted by molar-refractivity contribution is 0.191. The normalized spacial score (nSPS) is 19.1. The van der Waals surface area contributed by atoms with Crippen LogP contribution >= 0.6 is 34.5 Å².